The fourth-order valence-corrected chi connectivity index (χ4v) is 3.12. The third kappa shape index (κ3) is 2.92. The van der Waals surface area contributed by atoms with Crippen molar-refractivity contribution in [2.45, 2.75) is 39.7 Å². The lowest BCUT2D eigenvalue weighted by molar-refractivity contribution is 0.532. The summed E-state index contributed by atoms with van der Waals surface area (Å²) in [6.07, 6.45) is 5.79. The van der Waals surface area contributed by atoms with Gasteiger partial charge in [-0.1, -0.05) is 26.0 Å². The Hall–Kier alpha value is -2.60. The van der Waals surface area contributed by atoms with Gasteiger partial charge < -0.3 is 4.57 Å². The molecular formula is C21H23N3. The van der Waals surface area contributed by atoms with Gasteiger partial charge in [0.25, 0.3) is 0 Å². The molecule has 3 nitrogen and oxygen atoms in total. The molecule has 0 N–H and O–H groups in total. The van der Waals surface area contributed by atoms with Gasteiger partial charge in [-0.2, -0.15) is 5.26 Å². The van der Waals surface area contributed by atoms with Gasteiger partial charge in [0.05, 0.1) is 11.5 Å². The van der Waals surface area contributed by atoms with Crippen LogP contribution in [0.25, 0.3) is 22.0 Å². The van der Waals surface area contributed by atoms with Crippen LogP contribution in [0, 0.1) is 17.2 Å². The highest BCUT2D eigenvalue weighted by molar-refractivity contribution is 5.89. The van der Waals surface area contributed by atoms with E-state index in [0.29, 0.717) is 5.92 Å². The fraction of sp³-hybridized carbons (Fsp3) is 0.333. The second-order valence-corrected chi connectivity index (χ2v) is 7.29. The highest BCUT2D eigenvalue weighted by Crippen LogP contribution is 2.34. The van der Waals surface area contributed by atoms with Crippen LogP contribution in [-0.2, 0) is 12.0 Å². The smallest absolute Gasteiger partial charge is 0.0787 e. The van der Waals surface area contributed by atoms with E-state index >= 15 is 0 Å². The molecule has 0 radical (unpaired) electrons. The van der Waals surface area contributed by atoms with Crippen LogP contribution in [0.5, 0.6) is 0 Å². The highest BCUT2D eigenvalue weighted by Gasteiger charge is 2.25. The molecule has 0 aliphatic rings. The number of rotatable bonds is 4. The maximum Gasteiger partial charge on any atom is 0.0787 e. The van der Waals surface area contributed by atoms with Crippen molar-refractivity contribution in [2.75, 3.05) is 0 Å². The number of benzene rings is 1. The molecule has 24 heavy (non-hydrogen) atoms. The van der Waals surface area contributed by atoms with E-state index in [1.807, 2.05) is 38.4 Å². The van der Waals surface area contributed by atoms with E-state index in [2.05, 4.69) is 53.9 Å². The topological polar surface area (TPSA) is 41.6 Å². The summed E-state index contributed by atoms with van der Waals surface area (Å²) in [5, 5.41) is 10.7. The molecule has 3 rings (SSSR count). The van der Waals surface area contributed by atoms with Crippen LogP contribution >= 0.6 is 0 Å². The molecule has 0 amide bonds. The van der Waals surface area contributed by atoms with E-state index in [-0.39, 0.29) is 0 Å². The Morgan fingerprint density at radius 2 is 1.83 bits per heavy atom. The number of hydrogen-bond donors (Lipinski definition) is 0. The van der Waals surface area contributed by atoms with Gasteiger partial charge in [0.15, 0.2) is 0 Å². The van der Waals surface area contributed by atoms with E-state index in [4.69, 9.17) is 0 Å². The van der Waals surface area contributed by atoms with Gasteiger partial charge in [0.2, 0.25) is 0 Å². The van der Waals surface area contributed by atoms with Gasteiger partial charge in [-0.05, 0) is 54.7 Å². The molecule has 2 heterocycles. The molecule has 0 unspecified atom stereocenters. The summed E-state index contributed by atoms with van der Waals surface area (Å²) in [6, 6.07) is 13.0. The zero-order chi connectivity index (χ0) is 17.3. The van der Waals surface area contributed by atoms with Gasteiger partial charge in [0.1, 0.15) is 0 Å². The molecule has 1 aromatic carbocycles. The van der Waals surface area contributed by atoms with E-state index in [1.54, 1.807) is 0 Å². The predicted molar refractivity (Wildman–Crippen MR) is 98.6 cm³/mol. The molecule has 0 saturated heterocycles. The zero-order valence-corrected chi connectivity index (χ0v) is 14.7. The van der Waals surface area contributed by atoms with E-state index in [1.165, 1.54) is 16.5 Å². The number of pyridine rings is 1. The van der Waals surface area contributed by atoms with Crippen LogP contribution in [0.15, 0.2) is 48.9 Å². The first-order valence-electron chi connectivity index (χ1n) is 8.37. The van der Waals surface area contributed by atoms with Gasteiger partial charge in [-0.25, -0.2) is 0 Å². The molecule has 3 aromatic rings. The summed E-state index contributed by atoms with van der Waals surface area (Å²) in [5.74, 6) is 0.545. The lowest BCUT2D eigenvalue weighted by Gasteiger charge is -2.14. The van der Waals surface area contributed by atoms with Crippen LogP contribution in [-0.4, -0.2) is 9.55 Å². The molecule has 0 saturated carbocycles. The standard InChI is InChI=1S/C21H23N3/c1-15(2)12-24-13-19(21(3,4)14-22)18-6-5-17(11-20(18)24)16-7-9-23-10-8-16/h5-11,13,15H,12H2,1-4H3. The second kappa shape index (κ2) is 6.13. The van der Waals surface area contributed by atoms with Gasteiger partial charge in [-0.15, -0.1) is 0 Å². The maximum atomic E-state index is 9.56. The number of nitriles is 1. The Morgan fingerprint density at radius 1 is 1.12 bits per heavy atom. The van der Waals surface area contributed by atoms with Crippen LogP contribution in [0.3, 0.4) is 0 Å². The van der Waals surface area contributed by atoms with Crippen molar-refractivity contribution in [3.8, 4) is 17.2 Å². The molecule has 0 bridgehead atoms. The number of nitrogens with zero attached hydrogens (tertiary/aromatic N) is 3. The van der Waals surface area contributed by atoms with Crippen molar-refractivity contribution < 1.29 is 0 Å². The van der Waals surface area contributed by atoms with Crippen LogP contribution < -0.4 is 0 Å². The summed E-state index contributed by atoms with van der Waals surface area (Å²) >= 11 is 0. The molecule has 3 heteroatoms. The molecule has 0 aliphatic carbocycles. The quantitative estimate of drug-likeness (QED) is 0.667. The summed E-state index contributed by atoms with van der Waals surface area (Å²) in [5.41, 5.74) is 4.12. The van der Waals surface area contributed by atoms with Crippen molar-refractivity contribution in [2.24, 2.45) is 5.92 Å². The zero-order valence-electron chi connectivity index (χ0n) is 14.7. The summed E-state index contributed by atoms with van der Waals surface area (Å²) < 4.78 is 2.29. The van der Waals surface area contributed by atoms with Crippen molar-refractivity contribution in [3.05, 3.63) is 54.5 Å². The van der Waals surface area contributed by atoms with Crippen molar-refractivity contribution in [3.63, 3.8) is 0 Å². The van der Waals surface area contributed by atoms with Crippen molar-refractivity contribution in [1.29, 1.82) is 5.26 Å². The summed E-state index contributed by atoms with van der Waals surface area (Å²) in [4.78, 5) is 4.10. The van der Waals surface area contributed by atoms with E-state index in [9.17, 15) is 5.26 Å². The summed E-state index contributed by atoms with van der Waals surface area (Å²) in [7, 11) is 0. The van der Waals surface area contributed by atoms with Crippen molar-refractivity contribution >= 4 is 10.9 Å². The Kier molecular flexibility index (Phi) is 4.15. The Morgan fingerprint density at radius 3 is 2.46 bits per heavy atom. The fourth-order valence-electron chi connectivity index (χ4n) is 3.12. The third-order valence-corrected chi connectivity index (χ3v) is 4.41. The monoisotopic (exact) mass is 317 g/mol. The van der Waals surface area contributed by atoms with Crippen LogP contribution in [0.2, 0.25) is 0 Å². The minimum absolute atomic E-state index is 0.501. The number of aromatic nitrogens is 2. The molecular weight excluding hydrogens is 294 g/mol. The van der Waals surface area contributed by atoms with Crippen molar-refractivity contribution in [1.82, 2.24) is 9.55 Å². The second-order valence-electron chi connectivity index (χ2n) is 7.29. The average Bonchev–Trinajstić information content (AvgIpc) is 2.94. The number of hydrogen-bond acceptors (Lipinski definition) is 2. The van der Waals surface area contributed by atoms with E-state index in [0.717, 1.165) is 17.7 Å². The first kappa shape index (κ1) is 16.3. The Bertz CT molecular complexity index is 896. The first-order valence-corrected chi connectivity index (χ1v) is 8.37. The maximum absolute atomic E-state index is 9.56. The molecule has 2 aromatic heterocycles. The number of fused-ring (bicyclic) bond motifs is 1. The first-order chi connectivity index (χ1) is 11.4. The van der Waals surface area contributed by atoms with Gasteiger partial charge >= 0.3 is 0 Å². The Balaban J connectivity index is 2.22. The largest absolute Gasteiger partial charge is 0.347 e. The molecule has 122 valence electrons. The van der Waals surface area contributed by atoms with Crippen LogP contribution in [0.1, 0.15) is 33.3 Å². The molecule has 0 fully saturated rings. The minimum atomic E-state index is -0.501. The highest BCUT2D eigenvalue weighted by atomic mass is 15.0. The summed E-state index contributed by atoms with van der Waals surface area (Å²) in [6.45, 7) is 9.34. The molecule has 0 atom stereocenters. The van der Waals surface area contributed by atoms with Gasteiger partial charge in [-0.3, -0.25) is 4.98 Å². The third-order valence-electron chi connectivity index (χ3n) is 4.41. The SMILES string of the molecule is CC(C)Cn1cc(C(C)(C)C#N)c2ccc(-c3ccncc3)cc21. The van der Waals surface area contributed by atoms with Crippen LogP contribution in [0.4, 0.5) is 0 Å². The molecule has 0 aliphatic heterocycles. The van der Waals surface area contributed by atoms with Gasteiger partial charge in [0, 0.05) is 36.0 Å². The minimum Gasteiger partial charge on any atom is -0.347 e. The Labute approximate surface area is 143 Å². The predicted octanol–water partition coefficient (Wildman–Crippen LogP) is 5.16. The molecule has 0 spiro atoms. The average molecular weight is 317 g/mol. The lowest BCUT2D eigenvalue weighted by atomic mass is 9.86. The van der Waals surface area contributed by atoms with E-state index < -0.39 is 5.41 Å². The normalized spacial score (nSPS) is 11.8. The lowest BCUT2D eigenvalue weighted by Crippen LogP contribution is -2.13.